The van der Waals surface area contributed by atoms with E-state index in [2.05, 4.69) is 25.0 Å². The Morgan fingerprint density at radius 1 is 1.11 bits per heavy atom. The summed E-state index contributed by atoms with van der Waals surface area (Å²) in [6.45, 7) is 2.99. The molecule has 3 aromatic heterocycles. The van der Waals surface area contributed by atoms with E-state index in [1.165, 1.54) is 12.4 Å². The highest BCUT2D eigenvalue weighted by molar-refractivity contribution is 5.88. The summed E-state index contributed by atoms with van der Waals surface area (Å²) in [5.74, 6) is 7.35. The fourth-order valence-electron chi connectivity index (χ4n) is 3.87. The minimum absolute atomic E-state index is 0.155. The average molecular weight is 492 g/mol. The summed E-state index contributed by atoms with van der Waals surface area (Å²) in [6, 6.07) is 7.63. The number of hydrogen-bond donors (Lipinski definition) is 2. The highest BCUT2D eigenvalue weighted by atomic mass is 16.7. The number of imidazole rings is 1. The number of ether oxygens (including phenoxy) is 2. The van der Waals surface area contributed by atoms with Crippen LogP contribution >= 0.6 is 0 Å². The van der Waals surface area contributed by atoms with Crippen LogP contribution in [0.15, 0.2) is 36.7 Å². The van der Waals surface area contributed by atoms with E-state index >= 15 is 0 Å². The quantitative estimate of drug-likeness (QED) is 0.358. The second-order valence-electron chi connectivity index (χ2n) is 8.01. The van der Waals surface area contributed by atoms with Crippen LogP contribution < -0.4 is 20.9 Å². The zero-order chi connectivity index (χ0) is 25.1. The molecule has 0 radical (unpaired) electrons. The van der Waals surface area contributed by atoms with Crippen molar-refractivity contribution in [2.45, 2.75) is 6.54 Å². The minimum atomic E-state index is -0.709. The molecule has 0 amide bonds. The van der Waals surface area contributed by atoms with Gasteiger partial charge in [0.25, 0.3) is 0 Å². The van der Waals surface area contributed by atoms with Crippen LogP contribution in [0, 0.1) is 0 Å². The van der Waals surface area contributed by atoms with Gasteiger partial charge in [-0.15, -0.1) is 0 Å². The van der Waals surface area contributed by atoms with Crippen molar-refractivity contribution in [3.05, 3.63) is 48.0 Å². The maximum Gasteiger partial charge on any atom is 0.359 e. The Hall–Kier alpha value is -4.36. The van der Waals surface area contributed by atoms with E-state index < -0.39 is 5.97 Å². The van der Waals surface area contributed by atoms with Crippen molar-refractivity contribution >= 4 is 28.9 Å². The van der Waals surface area contributed by atoms with Gasteiger partial charge in [0.05, 0.1) is 32.4 Å². The van der Waals surface area contributed by atoms with Crippen LogP contribution in [0.3, 0.4) is 0 Å². The molecular formula is C23H25N9O4. The van der Waals surface area contributed by atoms with Gasteiger partial charge >= 0.3 is 5.97 Å². The Balaban J connectivity index is 1.48. The van der Waals surface area contributed by atoms with Gasteiger partial charge in [0, 0.05) is 38.1 Å². The van der Waals surface area contributed by atoms with Crippen molar-refractivity contribution in [1.29, 1.82) is 0 Å². The summed E-state index contributed by atoms with van der Waals surface area (Å²) >= 11 is 0. The number of carbonyl (C=O) groups excluding carboxylic acids is 1. The number of hydrogen-bond acceptors (Lipinski definition) is 12. The summed E-state index contributed by atoms with van der Waals surface area (Å²) in [5.41, 5.74) is 2.44. The Bertz CT molecular complexity index is 1370. The Morgan fingerprint density at radius 3 is 2.50 bits per heavy atom. The van der Waals surface area contributed by atoms with Gasteiger partial charge in [0.1, 0.15) is 11.6 Å². The smallest absolute Gasteiger partial charge is 0.359 e. The van der Waals surface area contributed by atoms with Gasteiger partial charge in [-0.3, -0.25) is 0 Å². The molecule has 5 rings (SSSR count). The number of nitrogens with two attached hydrogens (primary N) is 1. The number of anilines is 2. The molecule has 0 aliphatic carbocycles. The molecule has 4 heterocycles. The average Bonchev–Trinajstić information content (AvgIpc) is 3.26. The zero-order valence-electron chi connectivity index (χ0n) is 19.8. The molecule has 13 heteroatoms. The molecule has 4 aromatic rings. The maximum absolute atomic E-state index is 11.5. The van der Waals surface area contributed by atoms with Crippen molar-refractivity contribution in [3.8, 4) is 17.1 Å². The third-order valence-electron chi connectivity index (χ3n) is 5.85. The van der Waals surface area contributed by atoms with E-state index in [0.29, 0.717) is 55.8 Å². The Labute approximate surface area is 206 Å². The number of nitrogens with one attached hydrogen (secondary N) is 1. The SMILES string of the molecule is COc1ccc(-c2nc(N3CCOCC3)c3nc(CNc4ncc(C(=O)ON)cn4)n(C)c3n2)cc1. The lowest BCUT2D eigenvalue weighted by Gasteiger charge is -2.28. The summed E-state index contributed by atoms with van der Waals surface area (Å²) in [4.78, 5) is 40.7. The summed E-state index contributed by atoms with van der Waals surface area (Å²) in [7, 11) is 3.54. The van der Waals surface area contributed by atoms with Gasteiger partial charge in [-0.05, 0) is 24.3 Å². The number of aryl methyl sites for hydroxylation is 1. The monoisotopic (exact) mass is 491 g/mol. The van der Waals surface area contributed by atoms with E-state index in [4.69, 9.17) is 30.3 Å². The van der Waals surface area contributed by atoms with Crippen molar-refractivity contribution in [1.82, 2.24) is 29.5 Å². The number of rotatable bonds is 7. The molecule has 0 bridgehead atoms. The van der Waals surface area contributed by atoms with Crippen LogP contribution in [0.25, 0.3) is 22.6 Å². The van der Waals surface area contributed by atoms with Crippen LogP contribution in [0.4, 0.5) is 11.8 Å². The molecule has 1 saturated heterocycles. The third kappa shape index (κ3) is 4.61. The van der Waals surface area contributed by atoms with Crippen LogP contribution in [0.2, 0.25) is 0 Å². The third-order valence-corrected chi connectivity index (χ3v) is 5.85. The first-order chi connectivity index (χ1) is 17.6. The highest BCUT2D eigenvalue weighted by Crippen LogP contribution is 2.29. The van der Waals surface area contributed by atoms with Gasteiger partial charge in [0.15, 0.2) is 22.8 Å². The summed E-state index contributed by atoms with van der Waals surface area (Å²) < 4.78 is 12.7. The predicted octanol–water partition coefficient (Wildman–Crippen LogP) is 1.31. The zero-order valence-corrected chi connectivity index (χ0v) is 19.8. The normalized spacial score (nSPS) is 13.6. The Morgan fingerprint density at radius 2 is 1.83 bits per heavy atom. The van der Waals surface area contributed by atoms with Crippen LogP contribution in [-0.2, 0) is 23.2 Å². The molecule has 1 aliphatic rings. The molecular weight excluding hydrogens is 466 g/mol. The van der Waals surface area contributed by atoms with Crippen molar-refractivity contribution in [2.75, 3.05) is 43.6 Å². The second kappa shape index (κ2) is 10.1. The standard InChI is InChI=1S/C23H25N9O4/c1-31-17(13-27-23-25-11-15(12-26-23)22(33)36-24)28-18-20(31)29-19(14-3-5-16(34-2)6-4-14)30-21(18)32-7-9-35-10-8-32/h3-6,11-12H,7-10,13,24H2,1-2H3,(H,25,26,27). The molecule has 13 nitrogen and oxygen atoms in total. The minimum Gasteiger partial charge on any atom is -0.497 e. The van der Waals surface area contributed by atoms with Crippen molar-refractivity contribution in [3.63, 3.8) is 0 Å². The lowest BCUT2D eigenvalue weighted by Crippen LogP contribution is -2.37. The molecule has 0 unspecified atom stereocenters. The van der Waals surface area contributed by atoms with E-state index in [1.807, 2.05) is 35.9 Å². The lowest BCUT2D eigenvalue weighted by molar-refractivity contribution is 0.0502. The molecule has 0 atom stereocenters. The number of methoxy groups -OCH3 is 1. The first kappa shape index (κ1) is 23.4. The van der Waals surface area contributed by atoms with E-state index in [9.17, 15) is 4.79 Å². The number of nitrogens with zero attached hydrogens (tertiary/aromatic N) is 7. The molecule has 3 N–H and O–H groups in total. The van der Waals surface area contributed by atoms with Gasteiger partial charge in [-0.25, -0.2) is 29.7 Å². The predicted molar refractivity (Wildman–Crippen MR) is 130 cm³/mol. The van der Waals surface area contributed by atoms with Gasteiger partial charge in [-0.1, -0.05) is 0 Å². The molecule has 1 fully saturated rings. The van der Waals surface area contributed by atoms with Crippen molar-refractivity contribution < 1.29 is 19.1 Å². The summed E-state index contributed by atoms with van der Waals surface area (Å²) in [5, 5.41) is 3.12. The first-order valence-electron chi connectivity index (χ1n) is 11.2. The van der Waals surface area contributed by atoms with Crippen LogP contribution in [0.5, 0.6) is 5.75 Å². The highest BCUT2D eigenvalue weighted by Gasteiger charge is 2.22. The Kier molecular flexibility index (Phi) is 6.56. The molecule has 0 saturated carbocycles. The topological polar surface area (TPSA) is 155 Å². The first-order valence-corrected chi connectivity index (χ1v) is 11.2. The van der Waals surface area contributed by atoms with E-state index in [0.717, 1.165) is 23.0 Å². The molecule has 0 spiro atoms. The molecule has 1 aromatic carbocycles. The largest absolute Gasteiger partial charge is 0.497 e. The van der Waals surface area contributed by atoms with E-state index in [1.54, 1.807) is 7.11 Å². The number of carbonyl (C=O) groups is 1. The van der Waals surface area contributed by atoms with Crippen LogP contribution in [0.1, 0.15) is 16.2 Å². The fraction of sp³-hybridized carbons (Fsp3) is 0.304. The number of aromatic nitrogens is 6. The fourth-order valence-corrected chi connectivity index (χ4v) is 3.87. The van der Waals surface area contributed by atoms with Crippen molar-refractivity contribution in [2.24, 2.45) is 12.9 Å². The number of morpholine rings is 1. The number of benzene rings is 1. The van der Waals surface area contributed by atoms with E-state index in [-0.39, 0.29) is 5.56 Å². The lowest BCUT2D eigenvalue weighted by atomic mass is 10.2. The second-order valence-corrected chi connectivity index (χ2v) is 8.01. The summed E-state index contributed by atoms with van der Waals surface area (Å²) in [6.07, 6.45) is 2.67. The molecule has 36 heavy (non-hydrogen) atoms. The van der Waals surface area contributed by atoms with Gasteiger partial charge < -0.3 is 29.1 Å². The van der Waals surface area contributed by atoms with Gasteiger partial charge in [-0.2, -0.15) is 5.90 Å². The number of fused-ring (bicyclic) bond motifs is 1. The molecule has 186 valence electrons. The van der Waals surface area contributed by atoms with Crippen LogP contribution in [-0.4, -0.2) is 68.9 Å². The molecule has 1 aliphatic heterocycles. The van der Waals surface area contributed by atoms with Gasteiger partial charge in [0.2, 0.25) is 5.95 Å². The maximum atomic E-state index is 11.5.